The number of carbonyl (C=O) groups is 2. The lowest BCUT2D eigenvalue weighted by Crippen LogP contribution is -2.51. The summed E-state index contributed by atoms with van der Waals surface area (Å²) in [7, 11) is 0. The normalized spacial score (nSPS) is 18.9. The lowest BCUT2D eigenvalue weighted by molar-refractivity contribution is -0.121. The summed E-state index contributed by atoms with van der Waals surface area (Å²) in [6.07, 6.45) is 5.01. The third-order valence-electron chi connectivity index (χ3n) is 9.08. The van der Waals surface area contributed by atoms with Crippen molar-refractivity contribution >= 4 is 45.6 Å². The van der Waals surface area contributed by atoms with E-state index in [9.17, 15) is 9.59 Å². The molecule has 0 bridgehead atoms. The Bertz CT molecular complexity index is 1740. The van der Waals surface area contributed by atoms with Gasteiger partial charge in [0.2, 0.25) is 0 Å². The monoisotopic (exact) mass is 633 g/mol. The number of hydrogen-bond donors (Lipinski definition) is 1. The number of hydrogen-bond acceptors (Lipinski definition) is 7. The standard InChI is InChI=1S/C32H33ClFN7O2S/c1-3-38-10-11-39(16-19(38)2)26-7-6-20(14-24(26)33)21-13-22-23(25(34)15-21)17-41(31(22)43)29(30(42)37-32-35-8-12-44-32)28-27-5-4-9-40(27)18-36-28/h6-8,12-15,18-19,29H,3-5,9-11,16-17H2,1-2H3,(H,35,37,42)/t19-,29?/m1/s1. The molecule has 2 atom stereocenters. The van der Waals surface area contributed by atoms with Gasteiger partial charge in [0.25, 0.3) is 11.8 Å². The third-order valence-corrected chi connectivity index (χ3v) is 10.1. The number of likely N-dealkylation sites (N-methyl/N-ethyl adjacent to an activating group) is 1. The highest BCUT2D eigenvalue weighted by atomic mass is 35.5. The molecule has 1 saturated heterocycles. The van der Waals surface area contributed by atoms with Crippen LogP contribution in [0, 0.1) is 5.82 Å². The van der Waals surface area contributed by atoms with Gasteiger partial charge in [0.15, 0.2) is 11.2 Å². The van der Waals surface area contributed by atoms with Gasteiger partial charge >= 0.3 is 0 Å². The van der Waals surface area contributed by atoms with Gasteiger partial charge in [-0.25, -0.2) is 14.4 Å². The number of thiazole rings is 1. The molecule has 2 aromatic carbocycles. The molecule has 0 saturated carbocycles. The van der Waals surface area contributed by atoms with Gasteiger partial charge in [-0.05, 0) is 61.7 Å². The van der Waals surface area contributed by atoms with Gasteiger partial charge in [-0.15, -0.1) is 11.3 Å². The Morgan fingerprint density at radius 1 is 1.18 bits per heavy atom. The molecule has 1 fully saturated rings. The Hall–Kier alpha value is -3.80. The Balaban J connectivity index is 1.19. The minimum atomic E-state index is -1.03. The molecule has 1 unspecified atom stereocenters. The zero-order valence-electron chi connectivity index (χ0n) is 24.6. The van der Waals surface area contributed by atoms with Crippen LogP contribution in [-0.4, -0.2) is 68.4 Å². The van der Waals surface area contributed by atoms with Crippen molar-refractivity contribution in [1.29, 1.82) is 0 Å². The number of benzene rings is 2. The fourth-order valence-corrected chi connectivity index (χ4v) is 7.62. The van der Waals surface area contributed by atoms with E-state index >= 15 is 4.39 Å². The zero-order valence-corrected chi connectivity index (χ0v) is 26.2. The van der Waals surface area contributed by atoms with Gasteiger partial charge in [-0.1, -0.05) is 24.6 Å². The van der Waals surface area contributed by atoms with Crippen LogP contribution in [0.5, 0.6) is 0 Å². The van der Waals surface area contributed by atoms with Crippen molar-refractivity contribution in [1.82, 2.24) is 24.3 Å². The minimum absolute atomic E-state index is 0.0375. The molecule has 3 aliphatic rings. The minimum Gasteiger partial charge on any atom is -0.367 e. The number of aromatic nitrogens is 3. The number of nitrogens with one attached hydrogen (secondary N) is 1. The molecule has 0 aliphatic carbocycles. The molecule has 44 heavy (non-hydrogen) atoms. The van der Waals surface area contributed by atoms with Gasteiger partial charge in [-0.3, -0.25) is 19.8 Å². The molecule has 3 aliphatic heterocycles. The Morgan fingerprint density at radius 2 is 2.05 bits per heavy atom. The average molecular weight is 634 g/mol. The van der Waals surface area contributed by atoms with Crippen molar-refractivity contribution in [2.24, 2.45) is 0 Å². The highest BCUT2D eigenvalue weighted by molar-refractivity contribution is 7.13. The lowest BCUT2D eigenvalue weighted by Gasteiger charge is -2.40. The number of imidazole rings is 1. The molecule has 1 N–H and O–H groups in total. The maximum atomic E-state index is 15.7. The summed E-state index contributed by atoms with van der Waals surface area (Å²) in [5, 5.41) is 5.61. The molecule has 4 aromatic rings. The van der Waals surface area contributed by atoms with Gasteiger partial charge in [0.1, 0.15) is 5.82 Å². The number of aryl methyl sites for hydroxylation is 1. The summed E-state index contributed by atoms with van der Waals surface area (Å²) in [5.74, 6) is -1.33. The zero-order chi connectivity index (χ0) is 30.5. The first kappa shape index (κ1) is 28.9. The third kappa shape index (κ3) is 5.06. The number of fused-ring (bicyclic) bond motifs is 2. The highest BCUT2D eigenvalue weighted by Crippen LogP contribution is 2.39. The molecule has 7 rings (SSSR count). The number of halogens is 2. The summed E-state index contributed by atoms with van der Waals surface area (Å²) in [5.41, 5.74) is 4.19. The van der Waals surface area contributed by atoms with E-state index in [2.05, 4.69) is 38.9 Å². The van der Waals surface area contributed by atoms with E-state index in [1.54, 1.807) is 24.0 Å². The van der Waals surface area contributed by atoms with Gasteiger partial charge in [-0.2, -0.15) is 0 Å². The molecule has 2 aromatic heterocycles. The molecule has 5 heterocycles. The van der Waals surface area contributed by atoms with E-state index in [1.807, 2.05) is 22.8 Å². The summed E-state index contributed by atoms with van der Waals surface area (Å²) in [6.45, 7) is 8.91. The fraction of sp³-hybridized carbons (Fsp3) is 0.375. The van der Waals surface area contributed by atoms with Crippen LogP contribution in [0.2, 0.25) is 5.02 Å². The van der Waals surface area contributed by atoms with Crippen LogP contribution in [0.4, 0.5) is 15.2 Å². The van der Waals surface area contributed by atoms with Crippen molar-refractivity contribution < 1.29 is 14.0 Å². The molecule has 0 radical (unpaired) electrons. The molecule has 12 heteroatoms. The first-order chi connectivity index (χ1) is 21.3. The van der Waals surface area contributed by atoms with Crippen molar-refractivity contribution in [3.05, 3.63) is 81.6 Å². The van der Waals surface area contributed by atoms with Crippen LogP contribution in [0.3, 0.4) is 0 Å². The second kappa shape index (κ2) is 11.6. The van der Waals surface area contributed by atoms with Gasteiger partial charge < -0.3 is 14.4 Å². The SMILES string of the molecule is CCN1CCN(c2ccc(-c3cc(F)c4c(c3)C(=O)N(C(C(=O)Nc3nccs3)c3ncn5c3CCC5)C4)cc2Cl)C[C@H]1C. The first-order valence-electron chi connectivity index (χ1n) is 15.0. The van der Waals surface area contributed by atoms with E-state index in [0.29, 0.717) is 27.5 Å². The topological polar surface area (TPSA) is 86.6 Å². The maximum Gasteiger partial charge on any atom is 0.255 e. The largest absolute Gasteiger partial charge is 0.367 e. The first-order valence-corrected chi connectivity index (χ1v) is 16.2. The van der Waals surface area contributed by atoms with Crippen LogP contribution in [-0.2, 0) is 24.3 Å². The predicted molar refractivity (Wildman–Crippen MR) is 170 cm³/mol. The Labute approximate surface area is 264 Å². The number of anilines is 2. The molecule has 9 nitrogen and oxygen atoms in total. The average Bonchev–Trinajstić information content (AvgIpc) is 3.81. The van der Waals surface area contributed by atoms with Crippen LogP contribution in [0.25, 0.3) is 11.1 Å². The summed E-state index contributed by atoms with van der Waals surface area (Å²) >= 11 is 8.08. The quantitative estimate of drug-likeness (QED) is 0.285. The fourth-order valence-electron chi connectivity index (χ4n) is 6.79. The van der Waals surface area contributed by atoms with Gasteiger partial charge in [0, 0.05) is 60.6 Å². The maximum absolute atomic E-state index is 15.7. The smallest absolute Gasteiger partial charge is 0.255 e. The van der Waals surface area contributed by atoms with E-state index in [1.165, 1.54) is 22.3 Å². The van der Waals surface area contributed by atoms with Crippen molar-refractivity contribution in [2.75, 3.05) is 36.4 Å². The van der Waals surface area contributed by atoms with Crippen molar-refractivity contribution in [3.8, 4) is 11.1 Å². The van der Waals surface area contributed by atoms with E-state index < -0.39 is 23.7 Å². The van der Waals surface area contributed by atoms with E-state index in [0.717, 1.165) is 62.5 Å². The predicted octanol–water partition coefficient (Wildman–Crippen LogP) is 5.61. The van der Waals surface area contributed by atoms with E-state index in [4.69, 9.17) is 11.6 Å². The summed E-state index contributed by atoms with van der Waals surface area (Å²) in [4.78, 5) is 42.6. The molecular formula is C32H33ClFN7O2S. The number of amides is 2. The Kier molecular flexibility index (Phi) is 7.63. The lowest BCUT2D eigenvalue weighted by atomic mass is 9.99. The molecule has 228 valence electrons. The molecule has 0 spiro atoms. The van der Waals surface area contributed by atoms with Crippen LogP contribution >= 0.6 is 22.9 Å². The second-order valence-electron chi connectivity index (χ2n) is 11.6. The van der Waals surface area contributed by atoms with Gasteiger partial charge in [0.05, 0.1) is 29.3 Å². The summed E-state index contributed by atoms with van der Waals surface area (Å²) in [6, 6.07) is 8.29. The van der Waals surface area contributed by atoms with Crippen LogP contribution in [0.1, 0.15) is 53.6 Å². The second-order valence-corrected chi connectivity index (χ2v) is 12.9. The van der Waals surface area contributed by atoms with Crippen LogP contribution in [0.15, 0.2) is 48.2 Å². The van der Waals surface area contributed by atoms with Crippen LogP contribution < -0.4 is 10.2 Å². The van der Waals surface area contributed by atoms with Crippen molar-refractivity contribution in [3.63, 3.8) is 0 Å². The molecular weight excluding hydrogens is 601 g/mol. The number of rotatable bonds is 7. The highest BCUT2D eigenvalue weighted by Gasteiger charge is 2.42. The van der Waals surface area contributed by atoms with Crippen molar-refractivity contribution in [2.45, 2.75) is 51.9 Å². The Morgan fingerprint density at radius 3 is 2.80 bits per heavy atom. The number of piperazine rings is 1. The van der Waals surface area contributed by atoms with E-state index in [-0.39, 0.29) is 17.7 Å². The number of nitrogens with zero attached hydrogens (tertiary/aromatic N) is 6. The summed E-state index contributed by atoms with van der Waals surface area (Å²) < 4.78 is 17.8. The molecule has 2 amide bonds. The number of carbonyl (C=O) groups excluding carboxylic acids is 2.